The molecule has 0 aromatic carbocycles. The number of pyridine rings is 1. The molecule has 1 fully saturated rings. The number of aromatic nitrogens is 3. The Morgan fingerprint density at radius 1 is 1.38 bits per heavy atom. The highest BCUT2D eigenvalue weighted by Gasteiger charge is 2.28. The normalized spacial score (nSPS) is 17.8. The molecule has 0 spiro atoms. The first kappa shape index (κ1) is 16.4. The Labute approximate surface area is 141 Å². The van der Waals surface area contributed by atoms with Crippen molar-refractivity contribution in [3.8, 4) is 0 Å². The zero-order valence-corrected chi connectivity index (χ0v) is 14.6. The molecule has 24 heavy (non-hydrogen) atoms. The fraction of sp³-hybridized carbons (Fsp3) is 0.471. The molecule has 1 aliphatic rings. The lowest BCUT2D eigenvalue weighted by Gasteiger charge is -2.33. The number of nitrogens with zero attached hydrogens (tertiary/aromatic N) is 5. The van der Waals surface area contributed by atoms with Gasteiger partial charge in [-0.15, -0.1) is 0 Å². The smallest absolute Gasteiger partial charge is 0.272 e. The van der Waals surface area contributed by atoms with Crippen molar-refractivity contribution in [2.45, 2.75) is 13.0 Å². The van der Waals surface area contributed by atoms with Gasteiger partial charge in [0.25, 0.3) is 5.91 Å². The SMILES string of the molecule is Cc1cc(N(C)C)cc([C@@H]2CN(C(=O)c3ccnn3C)CCO2)n1. The molecular formula is C17H23N5O2. The first-order chi connectivity index (χ1) is 11.5. The fourth-order valence-electron chi connectivity index (χ4n) is 2.86. The number of hydrogen-bond donors (Lipinski definition) is 0. The molecule has 0 unspecified atom stereocenters. The maximum Gasteiger partial charge on any atom is 0.272 e. The van der Waals surface area contributed by atoms with E-state index in [1.54, 1.807) is 24.0 Å². The highest BCUT2D eigenvalue weighted by molar-refractivity contribution is 5.92. The largest absolute Gasteiger partial charge is 0.378 e. The minimum Gasteiger partial charge on any atom is -0.378 e. The molecule has 0 saturated carbocycles. The Bertz CT molecular complexity index is 740. The molecule has 0 bridgehead atoms. The molecule has 0 aliphatic carbocycles. The van der Waals surface area contributed by atoms with Gasteiger partial charge in [-0.25, -0.2) is 0 Å². The predicted octanol–water partition coefficient (Wildman–Crippen LogP) is 1.40. The average molecular weight is 329 g/mol. The van der Waals surface area contributed by atoms with Crippen LogP contribution in [0.1, 0.15) is 28.0 Å². The molecule has 2 aromatic rings. The first-order valence-corrected chi connectivity index (χ1v) is 8.00. The molecule has 3 heterocycles. The first-order valence-electron chi connectivity index (χ1n) is 8.00. The minimum atomic E-state index is -0.213. The van der Waals surface area contributed by atoms with Crippen LogP contribution in [-0.2, 0) is 11.8 Å². The van der Waals surface area contributed by atoms with E-state index >= 15 is 0 Å². The van der Waals surface area contributed by atoms with Crippen LogP contribution in [0.5, 0.6) is 0 Å². The second-order valence-corrected chi connectivity index (χ2v) is 6.24. The van der Waals surface area contributed by atoms with E-state index in [4.69, 9.17) is 4.74 Å². The quantitative estimate of drug-likeness (QED) is 0.852. The summed E-state index contributed by atoms with van der Waals surface area (Å²) in [5.74, 6) is -0.0243. The number of morpholine rings is 1. The standard InChI is InChI=1S/C17H23N5O2/c1-12-9-13(20(2)3)10-14(19-12)16-11-22(7-8-24-16)17(23)15-5-6-18-21(15)4/h5-6,9-10,16H,7-8,11H2,1-4H3/t16-/m0/s1. The van der Waals surface area contributed by atoms with Crippen molar-refractivity contribution in [2.75, 3.05) is 38.7 Å². The van der Waals surface area contributed by atoms with Gasteiger partial charge in [0.1, 0.15) is 11.8 Å². The van der Waals surface area contributed by atoms with Gasteiger partial charge < -0.3 is 14.5 Å². The summed E-state index contributed by atoms with van der Waals surface area (Å²) >= 11 is 0. The maximum absolute atomic E-state index is 12.7. The molecule has 2 aromatic heterocycles. The summed E-state index contributed by atoms with van der Waals surface area (Å²) in [6, 6.07) is 5.79. The third-order valence-electron chi connectivity index (χ3n) is 4.20. The van der Waals surface area contributed by atoms with E-state index < -0.39 is 0 Å². The number of carbonyl (C=O) groups excluding carboxylic acids is 1. The lowest BCUT2D eigenvalue weighted by Crippen LogP contribution is -2.43. The van der Waals surface area contributed by atoms with Crippen LogP contribution in [0.25, 0.3) is 0 Å². The Morgan fingerprint density at radius 2 is 2.17 bits per heavy atom. The summed E-state index contributed by atoms with van der Waals surface area (Å²) in [6.07, 6.45) is 1.42. The van der Waals surface area contributed by atoms with Crippen molar-refractivity contribution < 1.29 is 9.53 Å². The Morgan fingerprint density at radius 3 is 2.83 bits per heavy atom. The summed E-state index contributed by atoms with van der Waals surface area (Å²) < 4.78 is 7.48. The fourth-order valence-corrected chi connectivity index (χ4v) is 2.86. The van der Waals surface area contributed by atoms with Crippen LogP contribution in [-0.4, -0.2) is 59.4 Å². The van der Waals surface area contributed by atoms with Crippen LogP contribution >= 0.6 is 0 Å². The summed E-state index contributed by atoms with van der Waals surface area (Å²) in [5.41, 5.74) is 3.47. The topological polar surface area (TPSA) is 63.5 Å². The van der Waals surface area contributed by atoms with Gasteiger partial charge in [-0.3, -0.25) is 14.5 Å². The van der Waals surface area contributed by atoms with Crippen LogP contribution in [0.3, 0.4) is 0 Å². The van der Waals surface area contributed by atoms with Crippen molar-refractivity contribution in [3.05, 3.63) is 41.5 Å². The number of aryl methyl sites for hydroxylation is 2. The van der Waals surface area contributed by atoms with E-state index in [0.29, 0.717) is 25.4 Å². The van der Waals surface area contributed by atoms with Crippen LogP contribution in [0.15, 0.2) is 24.4 Å². The van der Waals surface area contributed by atoms with Crippen molar-refractivity contribution in [2.24, 2.45) is 7.05 Å². The van der Waals surface area contributed by atoms with Gasteiger partial charge in [-0.05, 0) is 25.1 Å². The molecule has 1 saturated heterocycles. The van der Waals surface area contributed by atoms with E-state index in [-0.39, 0.29) is 12.0 Å². The number of carbonyl (C=O) groups is 1. The predicted molar refractivity (Wildman–Crippen MR) is 91.1 cm³/mol. The highest BCUT2D eigenvalue weighted by atomic mass is 16.5. The van der Waals surface area contributed by atoms with E-state index in [1.807, 2.05) is 43.0 Å². The van der Waals surface area contributed by atoms with Crippen molar-refractivity contribution >= 4 is 11.6 Å². The minimum absolute atomic E-state index is 0.0243. The third-order valence-corrected chi connectivity index (χ3v) is 4.20. The molecule has 3 rings (SSSR count). The number of ether oxygens (including phenoxy) is 1. The van der Waals surface area contributed by atoms with Crippen molar-refractivity contribution in [1.82, 2.24) is 19.7 Å². The number of anilines is 1. The molecule has 0 radical (unpaired) electrons. The molecule has 1 atom stereocenters. The van der Waals surface area contributed by atoms with Crippen molar-refractivity contribution in [1.29, 1.82) is 0 Å². The zero-order valence-electron chi connectivity index (χ0n) is 14.6. The molecule has 0 N–H and O–H groups in total. The van der Waals surface area contributed by atoms with Gasteiger partial charge in [-0.2, -0.15) is 5.10 Å². The highest BCUT2D eigenvalue weighted by Crippen LogP contribution is 2.25. The number of rotatable bonds is 3. The Hall–Kier alpha value is -2.41. The molecule has 1 aliphatic heterocycles. The third kappa shape index (κ3) is 3.26. The van der Waals surface area contributed by atoms with Gasteiger partial charge in [0.05, 0.1) is 18.8 Å². The summed E-state index contributed by atoms with van der Waals surface area (Å²) in [7, 11) is 5.77. The zero-order chi connectivity index (χ0) is 17.3. The van der Waals surface area contributed by atoms with E-state index in [0.717, 1.165) is 17.1 Å². The van der Waals surface area contributed by atoms with Crippen LogP contribution in [0.4, 0.5) is 5.69 Å². The second kappa shape index (κ2) is 6.60. The molecule has 128 valence electrons. The molecule has 7 heteroatoms. The summed E-state index contributed by atoms with van der Waals surface area (Å²) in [5, 5.41) is 4.07. The van der Waals surface area contributed by atoms with Gasteiger partial charge in [0, 0.05) is 45.3 Å². The van der Waals surface area contributed by atoms with Gasteiger partial charge in [0.15, 0.2) is 0 Å². The maximum atomic E-state index is 12.7. The van der Waals surface area contributed by atoms with Gasteiger partial charge >= 0.3 is 0 Å². The lowest BCUT2D eigenvalue weighted by atomic mass is 10.1. The average Bonchev–Trinajstić information content (AvgIpc) is 2.99. The van der Waals surface area contributed by atoms with Crippen LogP contribution in [0, 0.1) is 6.92 Å². The van der Waals surface area contributed by atoms with Gasteiger partial charge in [0.2, 0.25) is 0 Å². The van der Waals surface area contributed by atoms with E-state index in [9.17, 15) is 4.79 Å². The van der Waals surface area contributed by atoms with E-state index in [2.05, 4.69) is 10.1 Å². The number of amides is 1. The molecule has 7 nitrogen and oxygen atoms in total. The Balaban J connectivity index is 1.81. The lowest BCUT2D eigenvalue weighted by molar-refractivity contribution is -0.0251. The monoisotopic (exact) mass is 329 g/mol. The van der Waals surface area contributed by atoms with Crippen molar-refractivity contribution in [3.63, 3.8) is 0 Å². The summed E-state index contributed by atoms with van der Waals surface area (Å²) in [6.45, 7) is 3.54. The second-order valence-electron chi connectivity index (χ2n) is 6.24. The van der Waals surface area contributed by atoms with Gasteiger partial charge in [-0.1, -0.05) is 0 Å². The van der Waals surface area contributed by atoms with Crippen LogP contribution in [0.2, 0.25) is 0 Å². The summed E-state index contributed by atoms with van der Waals surface area (Å²) in [4.78, 5) is 21.1. The molecule has 1 amide bonds. The molecular weight excluding hydrogens is 306 g/mol. The number of hydrogen-bond acceptors (Lipinski definition) is 5. The van der Waals surface area contributed by atoms with E-state index in [1.165, 1.54) is 0 Å². The Kier molecular flexibility index (Phi) is 4.53. The van der Waals surface area contributed by atoms with Crippen LogP contribution < -0.4 is 4.90 Å².